The van der Waals surface area contributed by atoms with Gasteiger partial charge in [-0.05, 0) is 6.42 Å². The Morgan fingerprint density at radius 3 is 1.75 bits per heavy atom. The SMILES string of the molecule is CCCCCCCCCCCCCCCCCCCCCC(=O)[C@@]1(O)[C@@H](CO)O[C@@H](n2ccc(=O)[nH]c2=O)[C@@H]1OP(=O)(O)O. The Balaban J connectivity index is 1.68. The van der Waals surface area contributed by atoms with Gasteiger partial charge in [-0.3, -0.25) is 23.7 Å². The number of aliphatic hydroxyl groups excluding tert-OH is 1. The Kier molecular flexibility index (Phi) is 17.9. The number of ketones is 1. The van der Waals surface area contributed by atoms with Gasteiger partial charge < -0.3 is 24.7 Å². The van der Waals surface area contributed by atoms with Gasteiger partial charge in [-0.1, -0.05) is 122 Å². The Labute approximate surface area is 260 Å². The number of hydrogen-bond acceptors (Lipinski definition) is 8. The normalized spacial score (nSPS) is 22.1. The first-order valence-corrected chi connectivity index (χ1v) is 18.1. The van der Waals surface area contributed by atoms with Crippen LogP contribution in [0.3, 0.4) is 0 Å². The minimum absolute atomic E-state index is 0.135. The molecule has 254 valence electrons. The van der Waals surface area contributed by atoms with E-state index in [1.54, 1.807) is 0 Å². The van der Waals surface area contributed by atoms with E-state index in [-0.39, 0.29) is 6.42 Å². The Morgan fingerprint density at radius 2 is 1.34 bits per heavy atom. The maximum atomic E-state index is 13.2. The highest BCUT2D eigenvalue weighted by molar-refractivity contribution is 7.46. The molecular weight excluding hydrogens is 591 g/mol. The summed E-state index contributed by atoms with van der Waals surface area (Å²) in [7, 11) is -5.28. The molecule has 13 heteroatoms. The number of unbranched alkanes of at least 4 members (excludes halogenated alkanes) is 18. The molecule has 1 aromatic heterocycles. The summed E-state index contributed by atoms with van der Waals surface area (Å²) in [5, 5.41) is 21.2. The Hall–Kier alpha value is -1.66. The molecule has 1 aliphatic rings. The summed E-state index contributed by atoms with van der Waals surface area (Å²) in [4.78, 5) is 57.9. The summed E-state index contributed by atoms with van der Waals surface area (Å²) in [6.45, 7) is 1.37. The molecule has 2 heterocycles. The molecule has 0 saturated carbocycles. The minimum atomic E-state index is -5.28. The fraction of sp³-hybridized carbons (Fsp3) is 0.839. The molecule has 0 aromatic carbocycles. The lowest BCUT2D eigenvalue weighted by molar-refractivity contribution is -0.153. The van der Waals surface area contributed by atoms with Crippen LogP contribution in [0, 0.1) is 0 Å². The Morgan fingerprint density at radius 1 is 0.886 bits per heavy atom. The predicted molar refractivity (Wildman–Crippen MR) is 167 cm³/mol. The summed E-state index contributed by atoms with van der Waals surface area (Å²) in [5.41, 5.74) is -4.37. The van der Waals surface area contributed by atoms with Crippen LogP contribution >= 0.6 is 7.82 Å². The number of aromatic nitrogens is 2. The van der Waals surface area contributed by atoms with Gasteiger partial charge in [0.05, 0.1) is 6.61 Å². The zero-order chi connectivity index (χ0) is 32.4. The van der Waals surface area contributed by atoms with Crippen LogP contribution in [-0.2, 0) is 18.6 Å². The monoisotopic (exact) mass is 646 g/mol. The molecule has 0 bridgehead atoms. The molecule has 0 radical (unpaired) electrons. The molecule has 0 unspecified atom stereocenters. The van der Waals surface area contributed by atoms with Crippen molar-refractivity contribution in [2.45, 2.75) is 159 Å². The lowest BCUT2D eigenvalue weighted by atomic mass is 9.85. The molecule has 5 N–H and O–H groups in total. The average Bonchev–Trinajstić information content (AvgIpc) is 3.24. The van der Waals surface area contributed by atoms with Crippen LogP contribution in [0.2, 0.25) is 0 Å². The van der Waals surface area contributed by atoms with E-state index in [9.17, 15) is 38.9 Å². The molecule has 44 heavy (non-hydrogen) atoms. The second kappa shape index (κ2) is 20.5. The molecule has 2 rings (SSSR count). The van der Waals surface area contributed by atoms with E-state index in [0.717, 1.165) is 42.5 Å². The van der Waals surface area contributed by atoms with E-state index >= 15 is 0 Å². The highest BCUT2D eigenvalue weighted by Crippen LogP contribution is 2.48. The quantitative estimate of drug-likeness (QED) is 0.0712. The highest BCUT2D eigenvalue weighted by Gasteiger charge is 2.62. The number of carbonyl (C=O) groups excluding carboxylic acids is 1. The van der Waals surface area contributed by atoms with Gasteiger partial charge in [0.25, 0.3) is 5.56 Å². The van der Waals surface area contributed by atoms with Gasteiger partial charge in [-0.2, -0.15) is 0 Å². The number of aromatic amines is 1. The van der Waals surface area contributed by atoms with Gasteiger partial charge in [0, 0.05) is 18.7 Å². The third kappa shape index (κ3) is 13.0. The number of nitrogens with one attached hydrogen (secondary N) is 1. The largest absolute Gasteiger partial charge is 0.470 e. The van der Waals surface area contributed by atoms with E-state index in [0.29, 0.717) is 6.42 Å². The minimum Gasteiger partial charge on any atom is -0.394 e. The zero-order valence-electron chi connectivity index (χ0n) is 26.4. The second-order valence-electron chi connectivity index (χ2n) is 12.1. The molecular formula is C31H55N2O10P. The van der Waals surface area contributed by atoms with Crippen LogP contribution in [0.1, 0.15) is 142 Å². The number of Topliss-reactive ketones (excluding diaryl/α,β-unsaturated/α-hetero) is 1. The summed E-state index contributed by atoms with van der Waals surface area (Å²) < 4.78 is 22.8. The van der Waals surface area contributed by atoms with Crippen molar-refractivity contribution < 1.29 is 38.6 Å². The average molecular weight is 647 g/mol. The van der Waals surface area contributed by atoms with Crippen LogP contribution in [0.25, 0.3) is 0 Å². The lowest BCUT2D eigenvalue weighted by Crippen LogP contribution is -2.56. The number of ether oxygens (including phenoxy) is 1. The second-order valence-corrected chi connectivity index (χ2v) is 13.3. The van der Waals surface area contributed by atoms with E-state index in [2.05, 4.69) is 6.92 Å². The fourth-order valence-electron chi connectivity index (χ4n) is 5.95. The van der Waals surface area contributed by atoms with Crippen LogP contribution in [-0.4, -0.2) is 59.8 Å². The first-order valence-electron chi connectivity index (χ1n) is 16.6. The fourth-order valence-corrected chi connectivity index (χ4v) is 6.51. The first-order chi connectivity index (χ1) is 21.0. The van der Waals surface area contributed by atoms with E-state index in [1.165, 1.54) is 89.9 Å². The van der Waals surface area contributed by atoms with Gasteiger partial charge >= 0.3 is 13.5 Å². The van der Waals surface area contributed by atoms with Crippen LogP contribution in [0.4, 0.5) is 0 Å². The smallest absolute Gasteiger partial charge is 0.394 e. The number of aliphatic hydroxyl groups is 2. The lowest BCUT2D eigenvalue weighted by Gasteiger charge is -2.31. The van der Waals surface area contributed by atoms with Crippen LogP contribution in [0.15, 0.2) is 21.9 Å². The van der Waals surface area contributed by atoms with Gasteiger partial charge in [0.15, 0.2) is 23.7 Å². The Bertz CT molecular complexity index is 1120. The predicted octanol–water partition coefficient (Wildman–Crippen LogP) is 5.03. The molecule has 4 atom stereocenters. The molecule has 0 amide bonds. The van der Waals surface area contributed by atoms with Gasteiger partial charge in [-0.25, -0.2) is 9.36 Å². The van der Waals surface area contributed by atoms with Crippen LogP contribution in [0.5, 0.6) is 0 Å². The van der Waals surface area contributed by atoms with Gasteiger partial charge in [-0.15, -0.1) is 0 Å². The van der Waals surface area contributed by atoms with Crippen molar-refractivity contribution in [2.24, 2.45) is 0 Å². The zero-order valence-corrected chi connectivity index (χ0v) is 27.3. The van der Waals surface area contributed by atoms with Crippen molar-refractivity contribution in [2.75, 3.05) is 6.61 Å². The topological polar surface area (TPSA) is 188 Å². The van der Waals surface area contributed by atoms with Crippen molar-refractivity contribution in [1.82, 2.24) is 9.55 Å². The molecule has 0 aliphatic carbocycles. The van der Waals surface area contributed by atoms with E-state index in [4.69, 9.17) is 9.26 Å². The third-order valence-corrected chi connectivity index (χ3v) is 8.99. The van der Waals surface area contributed by atoms with Gasteiger partial charge in [0.2, 0.25) is 0 Å². The number of nitrogens with zero attached hydrogens (tertiary/aromatic N) is 1. The van der Waals surface area contributed by atoms with Gasteiger partial charge in [0.1, 0.15) is 6.10 Å². The number of rotatable bonds is 25. The summed E-state index contributed by atoms with van der Waals surface area (Å²) in [6, 6.07) is 0.963. The number of hydrogen-bond donors (Lipinski definition) is 5. The number of phosphoric ester groups is 1. The van der Waals surface area contributed by atoms with Crippen molar-refractivity contribution >= 4 is 13.6 Å². The number of carbonyl (C=O) groups is 1. The highest BCUT2D eigenvalue weighted by atomic mass is 31.2. The molecule has 12 nitrogen and oxygen atoms in total. The number of H-pyrrole nitrogens is 1. The maximum Gasteiger partial charge on any atom is 0.470 e. The van der Waals surface area contributed by atoms with Crippen molar-refractivity contribution in [3.05, 3.63) is 33.1 Å². The molecule has 0 spiro atoms. The maximum absolute atomic E-state index is 13.2. The molecule has 1 fully saturated rings. The third-order valence-electron chi connectivity index (χ3n) is 8.48. The van der Waals surface area contributed by atoms with Crippen molar-refractivity contribution in [3.8, 4) is 0 Å². The molecule has 1 aliphatic heterocycles. The van der Waals surface area contributed by atoms with Crippen molar-refractivity contribution in [1.29, 1.82) is 0 Å². The summed E-state index contributed by atoms with van der Waals surface area (Å²) >= 11 is 0. The molecule has 1 saturated heterocycles. The standard InChI is InChI=1S/C31H55N2O10P/c1-2-3-4-5-6-7-8-9-10-11-12-13-14-15-16-17-18-19-20-21-25(35)31(38)26(24-34)42-29(28(31)43-44(39,40)41)33-23-22-27(36)32-30(33)37/h22-23,26,28-29,34,38H,2-21,24H2,1H3,(H,32,36,37)(H2,39,40,41)/t26-,28+,29-,31-/m1/s1. The number of phosphoric acid groups is 1. The molecule has 1 aromatic rings. The first kappa shape index (κ1) is 38.5. The van der Waals surface area contributed by atoms with E-state index < -0.39 is 55.5 Å². The van der Waals surface area contributed by atoms with Crippen LogP contribution < -0.4 is 11.2 Å². The van der Waals surface area contributed by atoms with Crippen molar-refractivity contribution in [3.63, 3.8) is 0 Å². The van der Waals surface area contributed by atoms with E-state index in [1.807, 2.05) is 4.98 Å². The summed E-state index contributed by atoms with van der Waals surface area (Å²) in [5.74, 6) is -0.818. The summed E-state index contributed by atoms with van der Waals surface area (Å²) in [6.07, 6.45) is 18.3.